The van der Waals surface area contributed by atoms with E-state index in [1.54, 1.807) is 0 Å². The van der Waals surface area contributed by atoms with Gasteiger partial charge in [0.2, 0.25) is 5.91 Å². The second kappa shape index (κ2) is 6.32. The van der Waals surface area contributed by atoms with Crippen molar-refractivity contribution >= 4 is 18.1 Å². The Bertz CT molecular complexity index is 485. The van der Waals surface area contributed by atoms with Gasteiger partial charge in [0.15, 0.2) is 4.77 Å². The maximum atomic E-state index is 12.1. The Morgan fingerprint density at radius 2 is 2.05 bits per heavy atom. The van der Waals surface area contributed by atoms with Crippen LogP contribution in [0.5, 0.6) is 0 Å². The maximum Gasteiger partial charge on any atom is 0.224 e. The number of amides is 1. The molecule has 0 spiro atoms. The van der Waals surface area contributed by atoms with Crippen LogP contribution in [0, 0.1) is 4.77 Å². The smallest absolute Gasteiger partial charge is 0.224 e. The van der Waals surface area contributed by atoms with Gasteiger partial charge in [-0.05, 0) is 31.5 Å². The van der Waals surface area contributed by atoms with E-state index in [1.165, 1.54) is 6.42 Å². The van der Waals surface area contributed by atoms with Gasteiger partial charge < -0.3 is 9.47 Å². The van der Waals surface area contributed by atoms with E-state index in [1.807, 2.05) is 9.47 Å². The fraction of sp³-hybridized carbons (Fsp3) is 0.769. The summed E-state index contributed by atoms with van der Waals surface area (Å²) >= 11 is 5.22. The standard InChI is InChI=1S/C13H22N4OS/c1-10(2)12-14-15-13(19)17(12)9-6-11(18)16-7-4-3-5-8-16/h10H,3-9H2,1-2H3,(H,15,19). The first kappa shape index (κ1) is 14.2. The van der Waals surface area contributed by atoms with Crippen molar-refractivity contribution in [1.82, 2.24) is 19.7 Å². The molecule has 0 atom stereocenters. The van der Waals surface area contributed by atoms with Crippen molar-refractivity contribution in [2.45, 2.75) is 52.0 Å². The van der Waals surface area contributed by atoms with Crippen LogP contribution in [0.2, 0.25) is 0 Å². The molecule has 0 aliphatic carbocycles. The molecule has 1 aliphatic heterocycles. The van der Waals surface area contributed by atoms with Crippen LogP contribution in [0.4, 0.5) is 0 Å². The number of piperidine rings is 1. The van der Waals surface area contributed by atoms with Gasteiger partial charge >= 0.3 is 0 Å². The summed E-state index contributed by atoms with van der Waals surface area (Å²) in [7, 11) is 0. The summed E-state index contributed by atoms with van der Waals surface area (Å²) in [6, 6.07) is 0. The maximum absolute atomic E-state index is 12.1. The van der Waals surface area contributed by atoms with Crippen LogP contribution in [0.1, 0.15) is 51.3 Å². The van der Waals surface area contributed by atoms with Crippen LogP contribution in [-0.4, -0.2) is 38.7 Å². The van der Waals surface area contributed by atoms with Crippen LogP contribution in [0.25, 0.3) is 0 Å². The lowest BCUT2D eigenvalue weighted by atomic mass is 10.1. The van der Waals surface area contributed by atoms with Crippen LogP contribution in [-0.2, 0) is 11.3 Å². The lowest BCUT2D eigenvalue weighted by Crippen LogP contribution is -2.36. The highest BCUT2D eigenvalue weighted by molar-refractivity contribution is 7.71. The van der Waals surface area contributed by atoms with E-state index in [4.69, 9.17) is 12.2 Å². The van der Waals surface area contributed by atoms with Crippen molar-refractivity contribution in [2.24, 2.45) is 0 Å². The molecule has 2 rings (SSSR count). The van der Waals surface area contributed by atoms with Crippen molar-refractivity contribution in [3.05, 3.63) is 10.6 Å². The third kappa shape index (κ3) is 3.43. The Balaban J connectivity index is 1.96. The molecule has 19 heavy (non-hydrogen) atoms. The van der Waals surface area contributed by atoms with E-state index >= 15 is 0 Å². The second-order valence-corrected chi connectivity index (χ2v) is 5.77. The van der Waals surface area contributed by atoms with Crippen LogP contribution in [0.15, 0.2) is 0 Å². The number of hydrogen-bond donors (Lipinski definition) is 1. The van der Waals surface area contributed by atoms with Gasteiger partial charge in [0.05, 0.1) is 0 Å². The van der Waals surface area contributed by atoms with Gasteiger partial charge in [-0.2, -0.15) is 5.10 Å². The van der Waals surface area contributed by atoms with E-state index in [0.29, 0.717) is 23.7 Å². The quantitative estimate of drug-likeness (QED) is 0.863. The first-order valence-electron chi connectivity index (χ1n) is 7.02. The number of carbonyl (C=O) groups is 1. The van der Waals surface area contributed by atoms with Gasteiger partial charge in [-0.1, -0.05) is 13.8 Å². The Hall–Kier alpha value is -1.17. The third-order valence-electron chi connectivity index (χ3n) is 3.56. The summed E-state index contributed by atoms with van der Waals surface area (Å²) in [5.74, 6) is 1.46. The highest BCUT2D eigenvalue weighted by Crippen LogP contribution is 2.14. The highest BCUT2D eigenvalue weighted by atomic mass is 32.1. The molecule has 1 aromatic heterocycles. The number of H-pyrrole nitrogens is 1. The molecule has 1 aromatic rings. The zero-order chi connectivity index (χ0) is 13.8. The molecule has 1 amide bonds. The van der Waals surface area contributed by atoms with Gasteiger partial charge in [-0.3, -0.25) is 9.89 Å². The molecule has 1 saturated heterocycles. The summed E-state index contributed by atoms with van der Waals surface area (Å²) in [5, 5.41) is 7.04. The first-order chi connectivity index (χ1) is 9.09. The molecule has 2 heterocycles. The van der Waals surface area contributed by atoms with Gasteiger partial charge in [-0.25, -0.2) is 0 Å². The van der Waals surface area contributed by atoms with Crippen molar-refractivity contribution in [2.75, 3.05) is 13.1 Å². The topological polar surface area (TPSA) is 53.9 Å². The molecular weight excluding hydrogens is 260 g/mol. The number of nitrogens with zero attached hydrogens (tertiary/aromatic N) is 3. The molecule has 0 aromatic carbocycles. The first-order valence-corrected chi connectivity index (χ1v) is 7.43. The zero-order valence-corrected chi connectivity index (χ0v) is 12.5. The fourth-order valence-corrected chi connectivity index (χ4v) is 2.73. The summed E-state index contributed by atoms with van der Waals surface area (Å²) < 4.78 is 2.55. The summed E-state index contributed by atoms with van der Waals surface area (Å²) in [6.45, 7) is 6.60. The largest absolute Gasteiger partial charge is 0.343 e. The lowest BCUT2D eigenvalue weighted by Gasteiger charge is -2.26. The van der Waals surface area contributed by atoms with Crippen molar-refractivity contribution in [3.63, 3.8) is 0 Å². The van der Waals surface area contributed by atoms with Crippen LogP contribution in [0.3, 0.4) is 0 Å². The summed E-state index contributed by atoms with van der Waals surface area (Å²) in [5.41, 5.74) is 0. The van der Waals surface area contributed by atoms with Crippen molar-refractivity contribution in [1.29, 1.82) is 0 Å². The van der Waals surface area contributed by atoms with Gasteiger partial charge in [0.1, 0.15) is 5.82 Å². The Morgan fingerprint density at radius 1 is 1.37 bits per heavy atom. The molecule has 0 saturated carbocycles. The summed E-state index contributed by atoms with van der Waals surface area (Å²) in [4.78, 5) is 14.1. The molecule has 0 bridgehead atoms. The van der Waals surface area contributed by atoms with E-state index in [-0.39, 0.29) is 5.91 Å². The number of aromatic amines is 1. The second-order valence-electron chi connectivity index (χ2n) is 5.38. The molecule has 1 fully saturated rings. The van der Waals surface area contributed by atoms with E-state index < -0.39 is 0 Å². The molecule has 1 aliphatic rings. The van der Waals surface area contributed by atoms with Crippen LogP contribution >= 0.6 is 12.2 Å². The molecule has 1 N–H and O–H groups in total. The van der Waals surface area contributed by atoms with Crippen molar-refractivity contribution < 1.29 is 4.79 Å². The highest BCUT2D eigenvalue weighted by Gasteiger charge is 2.17. The predicted molar refractivity (Wildman–Crippen MR) is 76.5 cm³/mol. The van der Waals surface area contributed by atoms with E-state index in [0.717, 1.165) is 31.8 Å². The molecule has 5 nitrogen and oxygen atoms in total. The predicted octanol–water partition coefficient (Wildman–Crippen LogP) is 2.47. The average Bonchev–Trinajstić information content (AvgIpc) is 2.78. The lowest BCUT2D eigenvalue weighted by molar-refractivity contribution is -0.132. The summed E-state index contributed by atoms with van der Waals surface area (Å²) in [6.07, 6.45) is 4.02. The monoisotopic (exact) mass is 282 g/mol. The minimum Gasteiger partial charge on any atom is -0.343 e. The number of nitrogens with one attached hydrogen (secondary N) is 1. The Labute approximate surface area is 119 Å². The number of hydrogen-bond acceptors (Lipinski definition) is 3. The minimum absolute atomic E-state index is 0.234. The molecule has 0 radical (unpaired) electrons. The van der Waals surface area contributed by atoms with E-state index in [9.17, 15) is 4.79 Å². The third-order valence-corrected chi connectivity index (χ3v) is 3.87. The van der Waals surface area contributed by atoms with Crippen molar-refractivity contribution in [3.8, 4) is 0 Å². The number of carbonyl (C=O) groups excluding carboxylic acids is 1. The molecule has 0 unspecified atom stereocenters. The zero-order valence-electron chi connectivity index (χ0n) is 11.7. The number of likely N-dealkylation sites (tertiary alicyclic amines) is 1. The molecule has 6 heteroatoms. The average molecular weight is 282 g/mol. The number of rotatable bonds is 4. The minimum atomic E-state index is 0.234. The van der Waals surface area contributed by atoms with Gasteiger partial charge in [-0.15, -0.1) is 0 Å². The SMILES string of the molecule is CC(C)c1n[nH]c(=S)n1CCC(=O)N1CCCCC1. The Morgan fingerprint density at radius 3 is 2.68 bits per heavy atom. The molecule has 106 valence electrons. The van der Waals surface area contributed by atoms with Crippen LogP contribution < -0.4 is 0 Å². The number of aromatic nitrogens is 3. The fourth-order valence-electron chi connectivity index (χ4n) is 2.50. The molecular formula is C13H22N4OS. The normalized spacial score (nSPS) is 16.1. The van der Waals surface area contributed by atoms with Gasteiger partial charge in [0, 0.05) is 32.0 Å². The van der Waals surface area contributed by atoms with Gasteiger partial charge in [0.25, 0.3) is 0 Å². The van der Waals surface area contributed by atoms with E-state index in [2.05, 4.69) is 24.0 Å². The Kier molecular flexibility index (Phi) is 4.74.